The van der Waals surface area contributed by atoms with Crippen molar-refractivity contribution in [3.05, 3.63) is 118 Å². The SMILES string of the molecule is CC(=O)C1=NN(c2ccc(Cl)cc2)[C@H](c2ccc(OCc3ccccc3)cc2)N1c1ccc(N2CCOCC2)c(Cl)c1. The van der Waals surface area contributed by atoms with Gasteiger partial charge in [-0.3, -0.25) is 9.69 Å². The predicted octanol–water partition coefficient (Wildman–Crippen LogP) is 7.34. The van der Waals surface area contributed by atoms with Crippen LogP contribution in [0.4, 0.5) is 17.1 Å². The summed E-state index contributed by atoms with van der Waals surface area (Å²) in [4.78, 5) is 17.2. The second-order valence-electron chi connectivity index (χ2n) is 10.1. The zero-order valence-corrected chi connectivity index (χ0v) is 24.6. The fraction of sp³-hybridized carbons (Fsp3) is 0.212. The van der Waals surface area contributed by atoms with Crippen molar-refractivity contribution < 1.29 is 14.3 Å². The lowest BCUT2D eigenvalue weighted by Gasteiger charge is -2.33. The first kappa shape index (κ1) is 28.1. The van der Waals surface area contributed by atoms with Crippen molar-refractivity contribution >= 4 is 51.9 Å². The van der Waals surface area contributed by atoms with Gasteiger partial charge in [0.1, 0.15) is 12.4 Å². The molecule has 1 fully saturated rings. The minimum atomic E-state index is -0.460. The Morgan fingerprint density at radius 1 is 0.905 bits per heavy atom. The predicted molar refractivity (Wildman–Crippen MR) is 169 cm³/mol. The smallest absolute Gasteiger partial charge is 0.198 e. The monoisotopic (exact) mass is 600 g/mol. The van der Waals surface area contributed by atoms with Crippen LogP contribution in [0, 0.1) is 0 Å². The molecule has 0 unspecified atom stereocenters. The first-order chi connectivity index (χ1) is 20.5. The minimum Gasteiger partial charge on any atom is -0.489 e. The summed E-state index contributed by atoms with van der Waals surface area (Å²) in [6, 6.07) is 31.2. The number of amidine groups is 1. The third kappa shape index (κ3) is 5.95. The lowest BCUT2D eigenvalue weighted by atomic mass is 10.1. The van der Waals surface area contributed by atoms with Gasteiger partial charge in [-0.1, -0.05) is 65.7 Å². The van der Waals surface area contributed by atoms with Gasteiger partial charge in [-0.15, -0.1) is 5.10 Å². The van der Waals surface area contributed by atoms with E-state index >= 15 is 0 Å². The quantitative estimate of drug-likeness (QED) is 0.211. The van der Waals surface area contributed by atoms with E-state index in [-0.39, 0.29) is 5.78 Å². The number of hydrazone groups is 1. The highest BCUT2D eigenvalue weighted by Crippen LogP contribution is 2.42. The van der Waals surface area contributed by atoms with Crippen molar-refractivity contribution in [2.45, 2.75) is 19.7 Å². The van der Waals surface area contributed by atoms with Crippen molar-refractivity contribution in [3.8, 4) is 5.75 Å². The fourth-order valence-corrected chi connectivity index (χ4v) is 5.62. The molecule has 1 atom stereocenters. The summed E-state index contributed by atoms with van der Waals surface area (Å²) in [5, 5.41) is 7.89. The largest absolute Gasteiger partial charge is 0.489 e. The normalized spacial score (nSPS) is 16.9. The van der Waals surface area contributed by atoms with Gasteiger partial charge in [0.05, 0.1) is 29.6 Å². The Kier molecular flexibility index (Phi) is 8.33. The maximum atomic E-state index is 13.0. The third-order valence-corrected chi connectivity index (χ3v) is 7.86. The molecule has 1 saturated heterocycles. The van der Waals surface area contributed by atoms with E-state index in [2.05, 4.69) is 4.90 Å². The minimum absolute atomic E-state index is 0.160. The van der Waals surface area contributed by atoms with Crippen LogP contribution < -0.4 is 19.5 Å². The fourth-order valence-electron chi connectivity index (χ4n) is 5.20. The Balaban J connectivity index is 1.36. The van der Waals surface area contributed by atoms with Crippen molar-refractivity contribution in [3.63, 3.8) is 0 Å². The maximum Gasteiger partial charge on any atom is 0.198 e. The lowest BCUT2D eigenvalue weighted by molar-refractivity contribution is -0.111. The van der Waals surface area contributed by atoms with Crippen LogP contribution in [0.3, 0.4) is 0 Å². The molecular weight excluding hydrogens is 571 g/mol. The number of benzene rings is 4. The van der Waals surface area contributed by atoms with Crippen LogP contribution in [-0.4, -0.2) is 37.9 Å². The molecule has 0 amide bonds. The maximum absolute atomic E-state index is 13.0. The van der Waals surface area contributed by atoms with Gasteiger partial charge in [0.15, 0.2) is 17.8 Å². The number of hydrogen-bond donors (Lipinski definition) is 0. The second kappa shape index (κ2) is 12.4. The molecule has 2 heterocycles. The van der Waals surface area contributed by atoms with Crippen LogP contribution >= 0.6 is 23.2 Å². The summed E-state index contributed by atoms with van der Waals surface area (Å²) in [7, 11) is 0. The van der Waals surface area contributed by atoms with Gasteiger partial charge in [0.2, 0.25) is 0 Å². The third-order valence-electron chi connectivity index (χ3n) is 7.30. The molecule has 0 saturated carbocycles. The van der Waals surface area contributed by atoms with E-state index in [0.29, 0.717) is 35.7 Å². The number of anilines is 3. The lowest BCUT2D eigenvalue weighted by Crippen LogP contribution is -2.38. The average molecular weight is 602 g/mol. The Bertz CT molecular complexity index is 1570. The Labute approximate surface area is 255 Å². The van der Waals surface area contributed by atoms with Gasteiger partial charge in [0.25, 0.3) is 0 Å². The number of carbonyl (C=O) groups is 1. The van der Waals surface area contributed by atoms with Crippen molar-refractivity contribution in [1.29, 1.82) is 0 Å². The molecule has 0 bridgehead atoms. The molecule has 7 nitrogen and oxygen atoms in total. The summed E-state index contributed by atoms with van der Waals surface area (Å²) in [6.45, 7) is 4.86. The highest BCUT2D eigenvalue weighted by atomic mass is 35.5. The molecule has 4 aromatic rings. The molecule has 0 spiro atoms. The van der Waals surface area contributed by atoms with Crippen LogP contribution in [0.2, 0.25) is 10.0 Å². The zero-order valence-electron chi connectivity index (χ0n) is 23.1. The topological polar surface area (TPSA) is 57.6 Å². The van der Waals surface area contributed by atoms with Crippen LogP contribution in [0.1, 0.15) is 24.2 Å². The van der Waals surface area contributed by atoms with E-state index in [4.69, 9.17) is 37.8 Å². The molecule has 0 N–H and O–H groups in total. The van der Waals surface area contributed by atoms with Gasteiger partial charge < -0.3 is 14.4 Å². The van der Waals surface area contributed by atoms with Gasteiger partial charge >= 0.3 is 0 Å². The Morgan fingerprint density at radius 2 is 1.60 bits per heavy atom. The molecule has 4 aromatic carbocycles. The zero-order chi connectivity index (χ0) is 29.1. The van der Waals surface area contributed by atoms with E-state index in [1.54, 1.807) is 0 Å². The van der Waals surface area contributed by atoms with E-state index in [9.17, 15) is 4.79 Å². The summed E-state index contributed by atoms with van der Waals surface area (Å²) < 4.78 is 11.5. The molecule has 6 rings (SSSR count). The van der Waals surface area contributed by atoms with Crippen molar-refractivity contribution in [2.24, 2.45) is 5.10 Å². The molecule has 9 heteroatoms. The van der Waals surface area contributed by atoms with Crippen LogP contribution in [0.15, 0.2) is 102 Å². The van der Waals surface area contributed by atoms with Gasteiger partial charge in [-0.2, -0.15) is 0 Å². The van der Waals surface area contributed by atoms with E-state index in [1.165, 1.54) is 6.92 Å². The number of halogens is 2. The molecule has 2 aliphatic rings. The highest BCUT2D eigenvalue weighted by Gasteiger charge is 2.39. The number of carbonyl (C=O) groups excluding carboxylic acids is 1. The first-order valence-electron chi connectivity index (χ1n) is 13.8. The van der Waals surface area contributed by atoms with Gasteiger partial charge in [-0.05, 0) is 65.7 Å². The molecular formula is C33H30Cl2N4O3. The summed E-state index contributed by atoms with van der Waals surface area (Å²) >= 11 is 13.1. The first-order valence-corrected chi connectivity index (χ1v) is 14.6. The number of ether oxygens (including phenoxy) is 2. The summed E-state index contributed by atoms with van der Waals surface area (Å²) in [5.74, 6) is 0.901. The number of ketones is 1. The van der Waals surface area contributed by atoms with Gasteiger partial charge in [0, 0.05) is 30.7 Å². The molecule has 2 aliphatic heterocycles. The standard InChI is InChI=1S/C33H30Cl2N4O3/c1-23(40)32-36-39(27-11-9-26(34)10-12-27)33(25-7-14-29(15-8-25)42-22-24-5-3-2-4-6-24)38(32)28-13-16-31(30(35)21-28)37-17-19-41-20-18-37/h2-16,21,33H,17-20,22H2,1H3/t33-/m1/s1. The van der Waals surface area contributed by atoms with Crippen LogP contribution in [0.25, 0.3) is 0 Å². The molecule has 0 aliphatic carbocycles. The Hall–Kier alpha value is -4.04. The van der Waals surface area contributed by atoms with E-state index < -0.39 is 6.17 Å². The molecule has 42 heavy (non-hydrogen) atoms. The molecule has 0 radical (unpaired) electrons. The second-order valence-corrected chi connectivity index (χ2v) is 11.0. The van der Waals surface area contributed by atoms with E-state index in [0.717, 1.165) is 47.0 Å². The molecule has 0 aromatic heterocycles. The van der Waals surface area contributed by atoms with Gasteiger partial charge in [-0.25, -0.2) is 5.01 Å². The number of morpholine rings is 1. The van der Waals surface area contributed by atoms with Crippen LogP contribution in [0.5, 0.6) is 5.75 Å². The van der Waals surface area contributed by atoms with E-state index in [1.807, 2.05) is 107 Å². The number of nitrogens with zero attached hydrogens (tertiary/aromatic N) is 4. The van der Waals surface area contributed by atoms with Crippen LogP contribution in [-0.2, 0) is 16.1 Å². The van der Waals surface area contributed by atoms with Crippen molar-refractivity contribution in [1.82, 2.24) is 0 Å². The number of hydrogen-bond acceptors (Lipinski definition) is 7. The average Bonchev–Trinajstić information content (AvgIpc) is 3.43. The number of rotatable bonds is 8. The molecule has 214 valence electrons. The highest BCUT2D eigenvalue weighted by molar-refractivity contribution is 6.44. The van der Waals surface area contributed by atoms with Crippen molar-refractivity contribution in [2.75, 3.05) is 41.1 Å². The summed E-state index contributed by atoms with van der Waals surface area (Å²) in [6.07, 6.45) is -0.460. The number of Topliss-reactive ketones (excluding diaryl/α,β-unsaturated/α-hetero) is 1. The Morgan fingerprint density at radius 3 is 2.26 bits per heavy atom. The summed E-state index contributed by atoms with van der Waals surface area (Å²) in [5.41, 5.74) is 4.51.